The SMILES string of the molecule is O=C(Cc1cnn2ccccc12)N(Cc1ccco1)c1ccccn1. The normalized spacial score (nSPS) is 10.9. The fraction of sp³-hybridized carbons (Fsp3) is 0.105. The van der Waals surface area contributed by atoms with Gasteiger partial charge in [-0.05, 0) is 36.4 Å². The summed E-state index contributed by atoms with van der Waals surface area (Å²) in [5.74, 6) is 1.24. The van der Waals surface area contributed by atoms with E-state index in [4.69, 9.17) is 4.42 Å². The highest BCUT2D eigenvalue weighted by Crippen LogP contribution is 2.18. The minimum absolute atomic E-state index is 0.0612. The molecule has 0 saturated carbocycles. The molecule has 4 aromatic rings. The van der Waals surface area contributed by atoms with E-state index in [1.807, 2.05) is 54.7 Å². The third-order valence-electron chi connectivity index (χ3n) is 3.97. The Morgan fingerprint density at radius 1 is 1.12 bits per heavy atom. The standard InChI is InChI=1S/C19H16N4O2/c24-19(12-15-13-21-23-10-4-2-7-17(15)23)22(14-16-6-5-11-25-16)18-8-1-3-9-20-18/h1-11,13H,12,14H2. The molecule has 0 aliphatic rings. The smallest absolute Gasteiger partial charge is 0.233 e. The fourth-order valence-corrected chi connectivity index (χ4v) is 2.75. The summed E-state index contributed by atoms with van der Waals surface area (Å²) in [5.41, 5.74) is 1.81. The van der Waals surface area contributed by atoms with Crippen LogP contribution in [0.4, 0.5) is 5.82 Å². The van der Waals surface area contributed by atoms with Crippen molar-refractivity contribution in [2.45, 2.75) is 13.0 Å². The first-order valence-electron chi connectivity index (χ1n) is 7.96. The highest BCUT2D eigenvalue weighted by Gasteiger charge is 2.20. The molecule has 0 fully saturated rings. The number of nitrogens with zero attached hydrogens (tertiary/aromatic N) is 4. The van der Waals surface area contributed by atoms with Crippen LogP contribution in [0.15, 0.2) is 77.8 Å². The lowest BCUT2D eigenvalue weighted by atomic mass is 10.1. The summed E-state index contributed by atoms with van der Waals surface area (Å²) in [6.07, 6.45) is 7.11. The van der Waals surface area contributed by atoms with Gasteiger partial charge in [0.15, 0.2) is 0 Å². The van der Waals surface area contributed by atoms with E-state index in [0.717, 1.165) is 11.1 Å². The van der Waals surface area contributed by atoms with Gasteiger partial charge in [-0.3, -0.25) is 9.69 Å². The van der Waals surface area contributed by atoms with Crippen LogP contribution in [-0.4, -0.2) is 20.5 Å². The zero-order valence-electron chi connectivity index (χ0n) is 13.4. The molecule has 4 heterocycles. The van der Waals surface area contributed by atoms with E-state index in [9.17, 15) is 4.79 Å². The average Bonchev–Trinajstić information content (AvgIpc) is 3.31. The zero-order chi connectivity index (χ0) is 17.1. The van der Waals surface area contributed by atoms with Crippen LogP contribution in [0.1, 0.15) is 11.3 Å². The number of hydrogen-bond donors (Lipinski definition) is 0. The zero-order valence-corrected chi connectivity index (χ0v) is 13.4. The molecule has 4 aromatic heterocycles. The Hall–Kier alpha value is -3.41. The molecule has 0 N–H and O–H groups in total. The molecule has 25 heavy (non-hydrogen) atoms. The van der Waals surface area contributed by atoms with Gasteiger partial charge in [-0.2, -0.15) is 5.10 Å². The fourth-order valence-electron chi connectivity index (χ4n) is 2.75. The van der Waals surface area contributed by atoms with Crippen molar-refractivity contribution in [3.05, 3.63) is 84.7 Å². The maximum atomic E-state index is 13.0. The average molecular weight is 332 g/mol. The molecule has 124 valence electrons. The minimum Gasteiger partial charge on any atom is -0.467 e. The van der Waals surface area contributed by atoms with Crippen molar-refractivity contribution >= 4 is 17.2 Å². The maximum Gasteiger partial charge on any atom is 0.233 e. The number of aromatic nitrogens is 3. The lowest BCUT2D eigenvalue weighted by Crippen LogP contribution is -2.32. The lowest BCUT2D eigenvalue weighted by molar-refractivity contribution is -0.118. The van der Waals surface area contributed by atoms with Crippen molar-refractivity contribution in [3.8, 4) is 0 Å². The van der Waals surface area contributed by atoms with Crippen LogP contribution in [0.5, 0.6) is 0 Å². The molecular weight excluding hydrogens is 316 g/mol. The second kappa shape index (κ2) is 6.60. The second-order valence-corrected chi connectivity index (χ2v) is 5.62. The van der Waals surface area contributed by atoms with E-state index >= 15 is 0 Å². The number of carbonyl (C=O) groups is 1. The maximum absolute atomic E-state index is 13.0. The van der Waals surface area contributed by atoms with E-state index in [1.54, 1.807) is 28.1 Å². The Morgan fingerprint density at radius 3 is 2.84 bits per heavy atom. The number of hydrogen-bond acceptors (Lipinski definition) is 4. The van der Waals surface area contributed by atoms with Gasteiger partial charge in [-0.15, -0.1) is 0 Å². The molecular formula is C19H16N4O2. The number of carbonyl (C=O) groups excluding carboxylic acids is 1. The van der Waals surface area contributed by atoms with Crippen molar-refractivity contribution in [3.63, 3.8) is 0 Å². The molecule has 0 bridgehead atoms. The third kappa shape index (κ3) is 3.14. The summed E-state index contributed by atoms with van der Waals surface area (Å²) < 4.78 is 7.17. The Bertz CT molecular complexity index is 977. The Morgan fingerprint density at radius 2 is 2.04 bits per heavy atom. The largest absolute Gasteiger partial charge is 0.467 e. The number of furan rings is 1. The van der Waals surface area contributed by atoms with E-state index in [-0.39, 0.29) is 12.3 Å². The predicted molar refractivity (Wildman–Crippen MR) is 93.0 cm³/mol. The monoisotopic (exact) mass is 332 g/mol. The van der Waals surface area contributed by atoms with Crippen molar-refractivity contribution in [2.75, 3.05) is 4.90 Å². The van der Waals surface area contributed by atoms with Gasteiger partial charge in [0.1, 0.15) is 11.6 Å². The molecule has 0 aliphatic carbocycles. The Kier molecular flexibility index (Phi) is 4.00. The van der Waals surface area contributed by atoms with Crippen LogP contribution < -0.4 is 4.90 Å². The van der Waals surface area contributed by atoms with Crippen LogP contribution in [0.2, 0.25) is 0 Å². The van der Waals surface area contributed by atoms with E-state index in [2.05, 4.69) is 10.1 Å². The summed E-state index contributed by atoms with van der Waals surface area (Å²) in [6, 6.07) is 14.9. The van der Waals surface area contributed by atoms with Crippen LogP contribution >= 0.6 is 0 Å². The van der Waals surface area contributed by atoms with Crippen molar-refractivity contribution in [1.82, 2.24) is 14.6 Å². The number of amides is 1. The molecule has 1 amide bonds. The van der Waals surface area contributed by atoms with Crippen LogP contribution in [0.3, 0.4) is 0 Å². The summed E-state index contributed by atoms with van der Waals surface area (Å²) in [5, 5.41) is 4.29. The van der Waals surface area contributed by atoms with Crippen molar-refractivity contribution < 1.29 is 9.21 Å². The molecule has 0 aliphatic heterocycles. The van der Waals surface area contributed by atoms with Crippen molar-refractivity contribution in [2.24, 2.45) is 0 Å². The summed E-state index contributed by atoms with van der Waals surface area (Å²) in [4.78, 5) is 18.9. The first-order valence-corrected chi connectivity index (χ1v) is 7.96. The van der Waals surface area contributed by atoms with Crippen LogP contribution in [0, 0.1) is 0 Å². The Labute approximate surface area is 144 Å². The van der Waals surface area contributed by atoms with E-state index in [0.29, 0.717) is 18.1 Å². The van der Waals surface area contributed by atoms with Crippen LogP contribution in [-0.2, 0) is 17.8 Å². The van der Waals surface area contributed by atoms with Gasteiger partial charge in [0.25, 0.3) is 0 Å². The number of anilines is 1. The molecule has 0 saturated heterocycles. The highest BCUT2D eigenvalue weighted by atomic mass is 16.3. The van der Waals surface area contributed by atoms with E-state index in [1.165, 1.54) is 0 Å². The summed E-state index contributed by atoms with van der Waals surface area (Å²) in [6.45, 7) is 0.335. The van der Waals surface area contributed by atoms with Gasteiger partial charge >= 0.3 is 0 Å². The molecule has 6 nitrogen and oxygen atoms in total. The molecule has 0 radical (unpaired) electrons. The Balaban J connectivity index is 1.63. The van der Waals surface area contributed by atoms with Gasteiger partial charge in [0.05, 0.1) is 30.9 Å². The lowest BCUT2D eigenvalue weighted by Gasteiger charge is -2.20. The molecule has 6 heteroatoms. The molecule has 0 atom stereocenters. The number of fused-ring (bicyclic) bond motifs is 1. The molecule has 0 aromatic carbocycles. The number of pyridine rings is 2. The predicted octanol–water partition coefficient (Wildman–Crippen LogP) is 3.10. The molecule has 0 spiro atoms. The topological polar surface area (TPSA) is 63.6 Å². The van der Waals surface area contributed by atoms with Gasteiger partial charge in [-0.1, -0.05) is 12.1 Å². The van der Waals surface area contributed by atoms with Gasteiger partial charge in [-0.25, -0.2) is 9.50 Å². The second-order valence-electron chi connectivity index (χ2n) is 5.62. The van der Waals surface area contributed by atoms with Gasteiger partial charge in [0, 0.05) is 18.0 Å². The van der Waals surface area contributed by atoms with E-state index < -0.39 is 0 Å². The summed E-state index contributed by atoms with van der Waals surface area (Å²) >= 11 is 0. The third-order valence-corrected chi connectivity index (χ3v) is 3.97. The van der Waals surface area contributed by atoms with Crippen LogP contribution in [0.25, 0.3) is 5.52 Å². The van der Waals surface area contributed by atoms with Crippen molar-refractivity contribution in [1.29, 1.82) is 0 Å². The van der Waals surface area contributed by atoms with Gasteiger partial charge in [0.2, 0.25) is 5.91 Å². The summed E-state index contributed by atoms with van der Waals surface area (Å²) in [7, 11) is 0. The molecule has 4 rings (SSSR count). The minimum atomic E-state index is -0.0612. The number of rotatable bonds is 5. The first kappa shape index (κ1) is 15.1. The quantitative estimate of drug-likeness (QED) is 0.563. The molecule has 0 unspecified atom stereocenters. The van der Waals surface area contributed by atoms with Gasteiger partial charge < -0.3 is 4.42 Å². The highest BCUT2D eigenvalue weighted by molar-refractivity contribution is 5.94. The first-order chi connectivity index (χ1) is 12.3.